The molecule has 0 radical (unpaired) electrons. The summed E-state index contributed by atoms with van der Waals surface area (Å²) in [5.41, 5.74) is 1.13. The summed E-state index contributed by atoms with van der Waals surface area (Å²) in [6.07, 6.45) is 3.79. The molecule has 0 bridgehead atoms. The highest BCUT2D eigenvalue weighted by atomic mass is 16.5. The van der Waals surface area contributed by atoms with Gasteiger partial charge in [-0.3, -0.25) is 4.40 Å². The van der Waals surface area contributed by atoms with Crippen molar-refractivity contribution < 1.29 is 13.9 Å². The number of esters is 1. The van der Waals surface area contributed by atoms with Crippen LogP contribution in [0.3, 0.4) is 0 Å². The summed E-state index contributed by atoms with van der Waals surface area (Å²) in [6.45, 7) is 0. The molecule has 0 saturated heterocycles. The number of carbonyl (C=O) groups is 1. The number of hydrogen-bond donors (Lipinski definition) is 0. The Labute approximate surface area is 108 Å². The molecule has 3 aromatic heterocycles. The summed E-state index contributed by atoms with van der Waals surface area (Å²) in [7, 11) is 1.35. The van der Waals surface area contributed by atoms with Crippen molar-refractivity contribution in [2.45, 2.75) is 6.42 Å². The lowest BCUT2D eigenvalue weighted by molar-refractivity contribution is 0.0600. The van der Waals surface area contributed by atoms with Crippen LogP contribution in [0, 0.1) is 0 Å². The van der Waals surface area contributed by atoms with Gasteiger partial charge in [-0.2, -0.15) is 0 Å². The van der Waals surface area contributed by atoms with Crippen molar-refractivity contribution in [1.82, 2.24) is 14.6 Å². The van der Waals surface area contributed by atoms with Gasteiger partial charge in [-0.15, -0.1) is 10.2 Å². The van der Waals surface area contributed by atoms with Crippen molar-refractivity contribution >= 4 is 11.6 Å². The third-order valence-electron chi connectivity index (χ3n) is 2.81. The first-order valence-corrected chi connectivity index (χ1v) is 5.72. The highest BCUT2D eigenvalue weighted by Gasteiger charge is 2.11. The fourth-order valence-corrected chi connectivity index (χ4v) is 1.87. The Morgan fingerprint density at radius 1 is 1.37 bits per heavy atom. The van der Waals surface area contributed by atoms with Crippen molar-refractivity contribution in [3.05, 3.63) is 53.9 Å². The minimum atomic E-state index is -0.389. The molecule has 0 fully saturated rings. The quantitative estimate of drug-likeness (QED) is 0.668. The van der Waals surface area contributed by atoms with Gasteiger partial charge in [-0.25, -0.2) is 4.79 Å². The summed E-state index contributed by atoms with van der Waals surface area (Å²) < 4.78 is 11.7. The van der Waals surface area contributed by atoms with Crippen LogP contribution in [0.25, 0.3) is 5.65 Å². The van der Waals surface area contributed by atoms with E-state index in [2.05, 4.69) is 10.2 Å². The number of carbonyl (C=O) groups excluding carboxylic acids is 1. The number of pyridine rings is 1. The van der Waals surface area contributed by atoms with E-state index < -0.39 is 0 Å². The molecule has 0 amide bonds. The Morgan fingerprint density at radius 3 is 3.00 bits per heavy atom. The zero-order valence-electron chi connectivity index (χ0n) is 10.2. The van der Waals surface area contributed by atoms with Crippen molar-refractivity contribution in [2.24, 2.45) is 0 Å². The molecule has 19 heavy (non-hydrogen) atoms. The van der Waals surface area contributed by atoms with E-state index in [-0.39, 0.29) is 5.97 Å². The first kappa shape index (κ1) is 11.5. The molecule has 0 unspecified atom stereocenters. The number of hydrogen-bond acceptors (Lipinski definition) is 5. The van der Waals surface area contributed by atoms with E-state index in [0.717, 1.165) is 5.76 Å². The Balaban J connectivity index is 2.03. The molecule has 0 spiro atoms. The summed E-state index contributed by atoms with van der Waals surface area (Å²) in [6, 6.07) is 7.07. The maximum absolute atomic E-state index is 11.5. The fraction of sp³-hybridized carbons (Fsp3) is 0.154. The van der Waals surface area contributed by atoms with Crippen LogP contribution in [0.2, 0.25) is 0 Å². The molecule has 6 heteroatoms. The second kappa shape index (κ2) is 4.56. The summed E-state index contributed by atoms with van der Waals surface area (Å²) in [4.78, 5) is 11.5. The molecule has 0 aromatic carbocycles. The van der Waals surface area contributed by atoms with Gasteiger partial charge in [0, 0.05) is 6.20 Å². The van der Waals surface area contributed by atoms with Gasteiger partial charge >= 0.3 is 5.97 Å². The van der Waals surface area contributed by atoms with Crippen molar-refractivity contribution in [3.8, 4) is 0 Å². The van der Waals surface area contributed by atoms with Crippen molar-refractivity contribution in [1.29, 1.82) is 0 Å². The zero-order valence-corrected chi connectivity index (χ0v) is 10.2. The highest BCUT2D eigenvalue weighted by Crippen LogP contribution is 2.12. The third-order valence-corrected chi connectivity index (χ3v) is 2.81. The van der Waals surface area contributed by atoms with E-state index in [0.29, 0.717) is 23.5 Å². The van der Waals surface area contributed by atoms with Gasteiger partial charge in [-0.05, 0) is 24.3 Å². The van der Waals surface area contributed by atoms with Crippen molar-refractivity contribution in [3.63, 3.8) is 0 Å². The van der Waals surface area contributed by atoms with Crippen LogP contribution in [0.5, 0.6) is 0 Å². The molecular formula is C13H11N3O3. The maximum atomic E-state index is 11.5. The predicted molar refractivity (Wildman–Crippen MR) is 65.8 cm³/mol. The lowest BCUT2D eigenvalue weighted by Gasteiger charge is -2.01. The van der Waals surface area contributed by atoms with Gasteiger partial charge in [-0.1, -0.05) is 0 Å². The minimum Gasteiger partial charge on any atom is -0.469 e. The second-order valence-corrected chi connectivity index (χ2v) is 4.01. The molecule has 0 aliphatic heterocycles. The molecule has 0 saturated carbocycles. The monoisotopic (exact) mass is 257 g/mol. The molecule has 0 atom stereocenters. The molecule has 3 aromatic rings. The number of rotatable bonds is 3. The molecule has 96 valence electrons. The average molecular weight is 257 g/mol. The van der Waals surface area contributed by atoms with Gasteiger partial charge < -0.3 is 9.15 Å². The van der Waals surface area contributed by atoms with Gasteiger partial charge in [0.2, 0.25) is 0 Å². The van der Waals surface area contributed by atoms with Crippen molar-refractivity contribution in [2.75, 3.05) is 7.11 Å². The molecule has 3 rings (SSSR count). The number of furan rings is 1. The van der Waals surface area contributed by atoms with Crippen LogP contribution in [0.4, 0.5) is 0 Å². The van der Waals surface area contributed by atoms with Crippen LogP contribution in [-0.2, 0) is 11.2 Å². The first-order valence-electron chi connectivity index (χ1n) is 5.72. The predicted octanol–water partition coefficient (Wildman–Crippen LogP) is 1.70. The first-order chi connectivity index (χ1) is 9.28. The normalized spacial score (nSPS) is 10.8. The van der Waals surface area contributed by atoms with Gasteiger partial charge in [0.1, 0.15) is 11.6 Å². The van der Waals surface area contributed by atoms with Crippen LogP contribution in [0.15, 0.2) is 41.1 Å². The zero-order chi connectivity index (χ0) is 13.2. The van der Waals surface area contributed by atoms with Crippen LogP contribution < -0.4 is 0 Å². The second-order valence-electron chi connectivity index (χ2n) is 4.01. The molecule has 0 aliphatic carbocycles. The summed E-state index contributed by atoms with van der Waals surface area (Å²) in [5, 5.41) is 8.14. The highest BCUT2D eigenvalue weighted by molar-refractivity contribution is 5.89. The molecule has 6 nitrogen and oxygen atoms in total. The number of fused-ring (bicyclic) bond motifs is 1. The van der Waals surface area contributed by atoms with E-state index >= 15 is 0 Å². The van der Waals surface area contributed by atoms with Gasteiger partial charge in [0.05, 0.1) is 25.4 Å². The molecule has 0 aliphatic rings. The summed E-state index contributed by atoms with van der Waals surface area (Å²) in [5.74, 6) is 1.10. The Hall–Kier alpha value is -2.63. The molecule has 3 heterocycles. The topological polar surface area (TPSA) is 69.6 Å². The number of nitrogens with zero attached hydrogens (tertiary/aromatic N) is 3. The maximum Gasteiger partial charge on any atom is 0.339 e. The van der Waals surface area contributed by atoms with Gasteiger partial charge in [0.25, 0.3) is 0 Å². The van der Waals surface area contributed by atoms with E-state index in [4.69, 9.17) is 9.15 Å². The fourth-order valence-electron chi connectivity index (χ4n) is 1.87. The largest absolute Gasteiger partial charge is 0.469 e. The minimum absolute atomic E-state index is 0.389. The van der Waals surface area contributed by atoms with E-state index in [1.165, 1.54) is 7.11 Å². The number of ether oxygens (including phenoxy) is 1. The number of methoxy groups -OCH3 is 1. The third kappa shape index (κ3) is 2.08. The lowest BCUT2D eigenvalue weighted by Crippen LogP contribution is -2.04. The standard InChI is InChI=1S/C13H11N3O3/c1-18-13(17)9-4-5-11-14-15-12(16(11)8-9)7-10-3-2-6-19-10/h2-6,8H,7H2,1H3. The van der Waals surface area contributed by atoms with E-state index in [1.54, 1.807) is 29.0 Å². The van der Waals surface area contributed by atoms with Gasteiger partial charge in [0.15, 0.2) is 5.65 Å². The Bertz CT molecular complexity index is 716. The van der Waals surface area contributed by atoms with Crippen LogP contribution in [0.1, 0.15) is 21.9 Å². The molecule has 0 N–H and O–H groups in total. The number of aromatic nitrogens is 3. The van der Waals surface area contributed by atoms with Crippen LogP contribution in [-0.4, -0.2) is 27.7 Å². The van der Waals surface area contributed by atoms with E-state index in [9.17, 15) is 4.79 Å². The lowest BCUT2D eigenvalue weighted by atomic mass is 10.2. The molecular weight excluding hydrogens is 246 g/mol. The SMILES string of the molecule is COC(=O)c1ccc2nnc(Cc3ccco3)n2c1. The average Bonchev–Trinajstić information content (AvgIpc) is 3.08. The van der Waals surface area contributed by atoms with Crippen LogP contribution >= 0.6 is 0 Å². The Kier molecular flexibility index (Phi) is 2.75. The smallest absolute Gasteiger partial charge is 0.339 e. The summed E-state index contributed by atoms with van der Waals surface area (Å²) >= 11 is 0. The Morgan fingerprint density at radius 2 is 2.26 bits per heavy atom. The van der Waals surface area contributed by atoms with E-state index in [1.807, 2.05) is 12.1 Å².